The summed E-state index contributed by atoms with van der Waals surface area (Å²) in [6, 6.07) is 0.197. The molecule has 0 saturated heterocycles. The summed E-state index contributed by atoms with van der Waals surface area (Å²) in [6.45, 7) is 4.33. The molecule has 0 aromatic heterocycles. The van der Waals surface area contributed by atoms with Crippen LogP contribution in [0, 0.1) is 0 Å². The van der Waals surface area contributed by atoms with Gasteiger partial charge in [0.05, 0.1) is 12.7 Å². The van der Waals surface area contributed by atoms with Crippen LogP contribution in [0.15, 0.2) is 4.99 Å². The van der Waals surface area contributed by atoms with Crippen LogP contribution in [0.4, 0.5) is 0 Å². The number of unbranched alkanes of at least 4 members (excludes halogenated alkanes) is 2. The van der Waals surface area contributed by atoms with E-state index < -0.39 is 0 Å². The van der Waals surface area contributed by atoms with Gasteiger partial charge in [-0.05, 0) is 39.0 Å². The molecule has 3 N–H and O–H groups in total. The molecular weight excluding hydrogens is 393 g/mol. The summed E-state index contributed by atoms with van der Waals surface area (Å²) in [5.41, 5.74) is 5.80. The topological polar surface area (TPSA) is 68.9 Å². The number of hydrogen-bond acceptors (Lipinski definition) is 3. The maximum atomic E-state index is 5.90. The quantitative estimate of drug-likeness (QED) is 0.243. The number of nitrogens with one attached hydrogen (secondary N) is 1. The molecule has 6 heteroatoms. The van der Waals surface area contributed by atoms with Crippen LogP contribution in [0.3, 0.4) is 0 Å². The van der Waals surface area contributed by atoms with Crippen LogP contribution in [-0.2, 0) is 9.47 Å². The van der Waals surface area contributed by atoms with Crippen molar-refractivity contribution >= 4 is 29.9 Å². The second-order valence-electron chi connectivity index (χ2n) is 5.96. The Morgan fingerprint density at radius 2 is 1.95 bits per heavy atom. The first-order valence-corrected chi connectivity index (χ1v) is 8.39. The Hall–Kier alpha value is -0.0800. The highest BCUT2D eigenvalue weighted by Gasteiger charge is 2.12. The molecule has 0 heterocycles. The van der Waals surface area contributed by atoms with Gasteiger partial charge in [-0.15, -0.1) is 24.0 Å². The van der Waals surface area contributed by atoms with Crippen molar-refractivity contribution in [1.82, 2.24) is 5.32 Å². The summed E-state index contributed by atoms with van der Waals surface area (Å²) in [6.07, 6.45) is 10.4. The van der Waals surface area contributed by atoms with Gasteiger partial charge in [-0.2, -0.15) is 0 Å². The highest BCUT2D eigenvalue weighted by molar-refractivity contribution is 14.0. The van der Waals surface area contributed by atoms with Gasteiger partial charge in [0.2, 0.25) is 0 Å². The van der Waals surface area contributed by atoms with E-state index in [2.05, 4.69) is 10.3 Å². The van der Waals surface area contributed by atoms with E-state index in [0.717, 1.165) is 32.4 Å². The number of nitrogens with zero attached hydrogens (tertiary/aromatic N) is 1. The van der Waals surface area contributed by atoms with E-state index >= 15 is 0 Å². The molecule has 1 aliphatic rings. The van der Waals surface area contributed by atoms with E-state index in [4.69, 9.17) is 15.2 Å². The van der Waals surface area contributed by atoms with Gasteiger partial charge >= 0.3 is 0 Å². The SMILES string of the molecule is COCC(C)NC(N)=NCCCCCOC1CCCCC1.I. The lowest BCUT2D eigenvalue weighted by atomic mass is 9.98. The number of aliphatic imine (C=N–C) groups is 1. The van der Waals surface area contributed by atoms with Crippen molar-refractivity contribution in [2.75, 3.05) is 26.9 Å². The molecule has 1 aliphatic carbocycles. The predicted molar refractivity (Wildman–Crippen MR) is 103 cm³/mol. The van der Waals surface area contributed by atoms with Crippen molar-refractivity contribution in [2.24, 2.45) is 10.7 Å². The van der Waals surface area contributed by atoms with Crippen LogP contribution in [0.25, 0.3) is 0 Å². The Kier molecular flexibility index (Phi) is 14.5. The summed E-state index contributed by atoms with van der Waals surface area (Å²) in [7, 11) is 1.68. The van der Waals surface area contributed by atoms with Crippen LogP contribution in [0.1, 0.15) is 58.3 Å². The van der Waals surface area contributed by atoms with E-state index in [-0.39, 0.29) is 30.0 Å². The summed E-state index contributed by atoms with van der Waals surface area (Å²) in [5.74, 6) is 0.512. The molecule has 5 nitrogen and oxygen atoms in total. The zero-order valence-electron chi connectivity index (χ0n) is 14.2. The molecule has 132 valence electrons. The van der Waals surface area contributed by atoms with Crippen LogP contribution < -0.4 is 11.1 Å². The van der Waals surface area contributed by atoms with Crippen molar-refractivity contribution in [3.05, 3.63) is 0 Å². The lowest BCUT2D eigenvalue weighted by Gasteiger charge is -2.21. The van der Waals surface area contributed by atoms with Gasteiger partial charge in [0.15, 0.2) is 5.96 Å². The van der Waals surface area contributed by atoms with Crippen LogP contribution in [-0.4, -0.2) is 45.0 Å². The number of methoxy groups -OCH3 is 1. The van der Waals surface area contributed by atoms with E-state index in [1.165, 1.54) is 32.1 Å². The minimum Gasteiger partial charge on any atom is -0.383 e. The van der Waals surface area contributed by atoms with Crippen LogP contribution in [0.5, 0.6) is 0 Å². The van der Waals surface area contributed by atoms with E-state index in [1.807, 2.05) is 6.92 Å². The zero-order chi connectivity index (χ0) is 15.3. The highest BCUT2D eigenvalue weighted by atomic mass is 127. The zero-order valence-corrected chi connectivity index (χ0v) is 16.5. The Balaban J connectivity index is 0.00000441. The fourth-order valence-electron chi connectivity index (χ4n) is 2.66. The van der Waals surface area contributed by atoms with Crippen LogP contribution >= 0.6 is 24.0 Å². The largest absolute Gasteiger partial charge is 0.383 e. The molecule has 1 unspecified atom stereocenters. The first-order chi connectivity index (χ1) is 10.2. The molecule has 0 bridgehead atoms. The first kappa shape index (κ1) is 21.9. The Morgan fingerprint density at radius 3 is 2.64 bits per heavy atom. The van der Waals surface area contributed by atoms with E-state index in [9.17, 15) is 0 Å². The lowest BCUT2D eigenvalue weighted by Crippen LogP contribution is -2.40. The molecule has 0 aromatic carbocycles. The minimum atomic E-state index is 0. The van der Waals surface area contributed by atoms with Gasteiger partial charge in [0.25, 0.3) is 0 Å². The Labute approximate surface area is 152 Å². The standard InChI is InChI=1S/C16H33N3O2.HI/c1-14(13-20-2)19-16(17)18-11-7-4-8-12-21-15-9-5-3-6-10-15;/h14-15H,3-13H2,1-2H3,(H3,17,18,19);1H. The van der Waals surface area contributed by atoms with Crippen molar-refractivity contribution in [3.63, 3.8) is 0 Å². The van der Waals surface area contributed by atoms with E-state index in [1.54, 1.807) is 7.11 Å². The summed E-state index contributed by atoms with van der Waals surface area (Å²) >= 11 is 0. The molecule has 0 spiro atoms. The van der Waals surface area contributed by atoms with Crippen LogP contribution in [0.2, 0.25) is 0 Å². The fraction of sp³-hybridized carbons (Fsp3) is 0.938. The number of guanidine groups is 1. The van der Waals surface area contributed by atoms with E-state index in [0.29, 0.717) is 18.7 Å². The molecule has 1 atom stereocenters. The highest BCUT2D eigenvalue weighted by Crippen LogP contribution is 2.20. The molecular formula is C16H34IN3O2. The van der Waals surface area contributed by atoms with Gasteiger partial charge in [-0.1, -0.05) is 19.3 Å². The monoisotopic (exact) mass is 427 g/mol. The smallest absolute Gasteiger partial charge is 0.188 e. The summed E-state index contributed by atoms with van der Waals surface area (Å²) in [5, 5.41) is 3.10. The second-order valence-corrected chi connectivity index (χ2v) is 5.96. The molecule has 22 heavy (non-hydrogen) atoms. The van der Waals surface area contributed by atoms with Gasteiger partial charge in [0, 0.05) is 26.3 Å². The number of rotatable bonds is 10. The molecule has 0 aliphatic heterocycles. The Bertz CT molecular complexity index is 285. The maximum absolute atomic E-state index is 5.90. The van der Waals surface area contributed by atoms with Crippen molar-refractivity contribution in [1.29, 1.82) is 0 Å². The van der Waals surface area contributed by atoms with Gasteiger partial charge in [0.1, 0.15) is 0 Å². The Morgan fingerprint density at radius 1 is 1.23 bits per heavy atom. The van der Waals surface area contributed by atoms with Gasteiger partial charge in [-0.3, -0.25) is 4.99 Å². The molecule has 1 saturated carbocycles. The van der Waals surface area contributed by atoms with Crippen molar-refractivity contribution in [2.45, 2.75) is 70.4 Å². The third kappa shape index (κ3) is 11.5. The van der Waals surface area contributed by atoms with Crippen molar-refractivity contribution < 1.29 is 9.47 Å². The summed E-state index contributed by atoms with van der Waals surface area (Å²) < 4.78 is 10.9. The van der Waals surface area contributed by atoms with Gasteiger partial charge < -0.3 is 20.5 Å². The maximum Gasteiger partial charge on any atom is 0.188 e. The second kappa shape index (κ2) is 14.5. The van der Waals surface area contributed by atoms with Gasteiger partial charge in [-0.25, -0.2) is 0 Å². The number of nitrogens with two attached hydrogens (primary N) is 1. The molecule has 0 aromatic rings. The third-order valence-electron chi connectivity index (χ3n) is 3.80. The molecule has 1 rings (SSSR count). The third-order valence-corrected chi connectivity index (χ3v) is 3.80. The van der Waals surface area contributed by atoms with Crippen molar-refractivity contribution in [3.8, 4) is 0 Å². The molecule has 1 fully saturated rings. The number of ether oxygens (including phenoxy) is 2. The number of hydrogen-bond donors (Lipinski definition) is 2. The molecule has 0 radical (unpaired) electrons. The lowest BCUT2D eigenvalue weighted by molar-refractivity contribution is 0.0264. The minimum absolute atomic E-state index is 0. The summed E-state index contributed by atoms with van der Waals surface area (Å²) in [4.78, 5) is 4.32. The number of halogens is 1. The molecule has 0 amide bonds. The normalized spacial score (nSPS) is 17.8. The average Bonchev–Trinajstić information content (AvgIpc) is 2.47. The first-order valence-electron chi connectivity index (χ1n) is 8.39. The average molecular weight is 427 g/mol. The fourth-order valence-corrected chi connectivity index (χ4v) is 2.66. The predicted octanol–water partition coefficient (Wildman–Crippen LogP) is 3.06.